The van der Waals surface area contributed by atoms with Crippen molar-refractivity contribution in [2.24, 2.45) is 5.92 Å². The second kappa shape index (κ2) is 12.0. The van der Waals surface area contributed by atoms with Crippen LogP contribution in [0.4, 0.5) is 17.1 Å². The molecule has 3 aromatic rings. The van der Waals surface area contributed by atoms with E-state index < -0.39 is 31.5 Å². The number of hydrogen-bond donors (Lipinski definition) is 2. The van der Waals surface area contributed by atoms with Gasteiger partial charge in [-0.1, -0.05) is 55.5 Å². The first-order valence-electron chi connectivity index (χ1n) is 14.6. The molecular weight excluding hydrogens is 562 g/mol. The van der Waals surface area contributed by atoms with Crippen molar-refractivity contribution < 1.29 is 29.0 Å². The fraction of sp³-hybridized carbons (Fsp3) is 0.364. The van der Waals surface area contributed by atoms with Crippen molar-refractivity contribution in [3.63, 3.8) is 0 Å². The molecule has 0 unspecified atom stereocenters. The molecule has 1 spiro atoms. The predicted octanol–water partition coefficient (Wildman–Crippen LogP) is 4.17. The Morgan fingerprint density at radius 1 is 1.05 bits per heavy atom. The average molecular weight is 602 g/mol. The van der Waals surface area contributed by atoms with E-state index in [2.05, 4.69) is 0 Å². The van der Waals surface area contributed by atoms with Gasteiger partial charge in [-0.25, -0.2) is 0 Å². The number of carbonyl (C=O) groups excluding carboxylic acids is 3. The predicted molar refractivity (Wildman–Crippen MR) is 167 cm³/mol. The summed E-state index contributed by atoms with van der Waals surface area (Å²) in [7, 11) is -1.30. The van der Waals surface area contributed by atoms with Gasteiger partial charge in [0.15, 0.2) is 13.9 Å². The number of likely N-dealkylation sites (N-methyl/N-ethyl adjacent to an activating group) is 1. The monoisotopic (exact) mass is 601 g/mol. The van der Waals surface area contributed by atoms with Crippen LogP contribution in [-0.4, -0.2) is 67.6 Å². The molecule has 2 N–H and O–H groups in total. The van der Waals surface area contributed by atoms with Gasteiger partial charge in [0.2, 0.25) is 12.3 Å². The van der Waals surface area contributed by atoms with E-state index in [9.17, 15) is 24.3 Å². The highest BCUT2D eigenvalue weighted by Gasteiger charge is 2.66. The molecule has 9 nitrogen and oxygen atoms in total. The molecule has 0 saturated carbocycles. The van der Waals surface area contributed by atoms with Crippen molar-refractivity contribution in [3.05, 3.63) is 90.0 Å². The smallest absolute Gasteiger partial charge is 0.264 e. The number of para-hydroxylation sites is 1. The molecule has 0 aliphatic carbocycles. The summed E-state index contributed by atoms with van der Waals surface area (Å²) in [6.07, 6.45) is -0.0362. The summed E-state index contributed by atoms with van der Waals surface area (Å²) in [5.41, 5.74) is 1.59. The van der Waals surface area contributed by atoms with E-state index in [-0.39, 0.29) is 31.4 Å². The molecule has 0 aromatic heterocycles. The Balaban J connectivity index is 1.53. The molecular formula is C33H39N3O6Si. The van der Waals surface area contributed by atoms with Crippen LogP contribution < -0.4 is 9.80 Å². The van der Waals surface area contributed by atoms with Crippen LogP contribution in [0.2, 0.25) is 18.6 Å². The summed E-state index contributed by atoms with van der Waals surface area (Å²) < 4.78 is 6.76. The molecule has 226 valence electrons. The van der Waals surface area contributed by atoms with Crippen LogP contribution in [0.15, 0.2) is 78.9 Å². The van der Waals surface area contributed by atoms with Crippen LogP contribution in [0.3, 0.4) is 0 Å². The van der Waals surface area contributed by atoms with Gasteiger partial charge in [-0.2, -0.15) is 0 Å². The van der Waals surface area contributed by atoms with E-state index in [4.69, 9.17) is 4.74 Å². The molecule has 2 aliphatic heterocycles. The fourth-order valence-corrected chi connectivity index (χ4v) is 9.45. The van der Waals surface area contributed by atoms with Crippen LogP contribution in [0.25, 0.3) is 0 Å². The third-order valence-electron chi connectivity index (χ3n) is 8.83. The molecule has 3 amide bonds. The molecule has 3 aromatic carbocycles. The molecule has 4 atom stereocenters. The van der Waals surface area contributed by atoms with Gasteiger partial charge in [0.1, 0.15) is 0 Å². The highest BCUT2D eigenvalue weighted by atomic mass is 28.4. The first kappa shape index (κ1) is 30.6. The van der Waals surface area contributed by atoms with Gasteiger partial charge >= 0.3 is 0 Å². The summed E-state index contributed by atoms with van der Waals surface area (Å²) in [6, 6.07) is 24.2. The lowest BCUT2D eigenvalue weighted by Gasteiger charge is -2.32. The number of hydrogen-bond acceptors (Lipinski definition) is 6. The fourth-order valence-electron chi connectivity index (χ4n) is 6.90. The van der Waals surface area contributed by atoms with E-state index in [0.717, 1.165) is 12.0 Å². The Labute approximate surface area is 253 Å². The van der Waals surface area contributed by atoms with Crippen molar-refractivity contribution in [2.75, 3.05) is 30.0 Å². The minimum absolute atomic E-state index is 0.0446. The number of benzene rings is 3. The summed E-state index contributed by atoms with van der Waals surface area (Å²) in [4.78, 5) is 56.3. The molecule has 2 aliphatic rings. The van der Waals surface area contributed by atoms with Gasteiger partial charge in [-0.3, -0.25) is 19.3 Å². The summed E-state index contributed by atoms with van der Waals surface area (Å²) in [5.74, 6) is -0.941. The maximum absolute atomic E-state index is 14.1. The Morgan fingerprint density at radius 2 is 1.70 bits per heavy atom. The van der Waals surface area contributed by atoms with Crippen molar-refractivity contribution >= 4 is 43.6 Å². The van der Waals surface area contributed by atoms with E-state index in [1.807, 2.05) is 92.8 Å². The number of rotatable bonds is 10. The summed E-state index contributed by atoms with van der Waals surface area (Å²) >= 11 is 0. The van der Waals surface area contributed by atoms with Gasteiger partial charge in [0.25, 0.3) is 5.91 Å². The van der Waals surface area contributed by atoms with E-state index in [1.54, 1.807) is 22.9 Å². The Bertz CT molecular complexity index is 1480. The second-order valence-corrected chi connectivity index (χ2v) is 15.9. The second-order valence-electron chi connectivity index (χ2n) is 12.0. The topological polar surface area (TPSA) is 111 Å². The molecule has 0 bridgehead atoms. The molecule has 43 heavy (non-hydrogen) atoms. The zero-order valence-electron chi connectivity index (χ0n) is 25.0. The highest BCUT2D eigenvalue weighted by Crippen LogP contribution is 2.59. The Kier molecular flexibility index (Phi) is 8.58. The van der Waals surface area contributed by atoms with Gasteiger partial charge in [-0.15, -0.1) is 0 Å². The summed E-state index contributed by atoms with van der Waals surface area (Å²) in [6.45, 7) is 5.83. The summed E-state index contributed by atoms with van der Waals surface area (Å²) in [5, 5.41) is 9.72. The van der Waals surface area contributed by atoms with Crippen molar-refractivity contribution in [1.29, 1.82) is 0 Å². The van der Waals surface area contributed by atoms with Crippen LogP contribution in [-0.2, 0) is 31.3 Å². The molecule has 2 heterocycles. The van der Waals surface area contributed by atoms with Gasteiger partial charge < -0.3 is 24.4 Å². The molecule has 10 heteroatoms. The standard InChI is InChI=1S/C33H39N3O6Si/c1-23-31(43(3,4)41)29(20-30(39)35(17-18-37)21-24-11-7-5-8-12-24)42-33(23)27-19-26(15-16-28(27)34(2)32(33)40)36(22-38)25-13-9-6-10-14-25/h5-16,19,22-23,29,31,37,41H,17-18,20-21H2,1-4H3/t23-,29+,31-,33+/m1/s1. The normalized spacial score (nSPS) is 23.0. The zero-order chi connectivity index (χ0) is 30.9. The largest absolute Gasteiger partial charge is 0.432 e. The highest BCUT2D eigenvalue weighted by molar-refractivity contribution is 6.71. The minimum atomic E-state index is -2.99. The van der Waals surface area contributed by atoms with Crippen molar-refractivity contribution in [3.8, 4) is 0 Å². The lowest BCUT2D eigenvalue weighted by atomic mass is 9.82. The molecule has 1 saturated heterocycles. The number of aliphatic hydroxyl groups excluding tert-OH is 1. The van der Waals surface area contributed by atoms with E-state index in [1.165, 1.54) is 4.90 Å². The van der Waals surface area contributed by atoms with Gasteiger partial charge in [-0.05, 0) is 49.0 Å². The minimum Gasteiger partial charge on any atom is -0.432 e. The SMILES string of the molecule is C[C@@H]1[C@@H]([Si](C)(C)O)[C@H](CC(=O)N(CCO)Cc2ccccc2)O[C@@]12C(=O)N(C)c1ccc(N(C=O)c3ccccc3)cc12. The van der Waals surface area contributed by atoms with Crippen LogP contribution in [0.1, 0.15) is 24.5 Å². The van der Waals surface area contributed by atoms with Crippen LogP contribution >= 0.6 is 0 Å². The Hall–Kier alpha value is -3.83. The third-order valence-corrected chi connectivity index (χ3v) is 11.3. The molecule has 1 fully saturated rings. The average Bonchev–Trinajstić information content (AvgIpc) is 3.40. The lowest BCUT2D eigenvalue weighted by Crippen LogP contribution is -2.45. The molecule has 0 radical (unpaired) electrons. The number of amides is 3. The lowest BCUT2D eigenvalue weighted by molar-refractivity contribution is -0.149. The maximum Gasteiger partial charge on any atom is 0.264 e. The van der Waals surface area contributed by atoms with Crippen molar-refractivity contribution in [2.45, 2.75) is 50.2 Å². The van der Waals surface area contributed by atoms with Gasteiger partial charge in [0.05, 0.1) is 24.8 Å². The number of fused-ring (bicyclic) bond motifs is 2. The van der Waals surface area contributed by atoms with E-state index >= 15 is 0 Å². The zero-order valence-corrected chi connectivity index (χ0v) is 26.0. The number of ether oxygens (including phenoxy) is 1. The number of aliphatic hydroxyl groups is 1. The molecule has 5 rings (SSSR count). The number of anilines is 3. The maximum atomic E-state index is 14.1. The number of nitrogens with zero attached hydrogens (tertiary/aromatic N) is 3. The van der Waals surface area contributed by atoms with E-state index in [0.29, 0.717) is 29.2 Å². The first-order valence-corrected chi connectivity index (χ1v) is 17.6. The van der Waals surface area contributed by atoms with Crippen molar-refractivity contribution in [1.82, 2.24) is 4.90 Å². The quantitative estimate of drug-likeness (QED) is 0.267. The third kappa shape index (κ3) is 5.51. The van der Waals surface area contributed by atoms with Crippen LogP contribution in [0, 0.1) is 5.92 Å². The number of carbonyl (C=O) groups is 3. The van der Waals surface area contributed by atoms with Crippen LogP contribution in [0.5, 0.6) is 0 Å². The van der Waals surface area contributed by atoms with Gasteiger partial charge in [0, 0.05) is 48.5 Å². The Morgan fingerprint density at radius 3 is 2.30 bits per heavy atom. The first-order chi connectivity index (χ1) is 20.5.